The van der Waals surface area contributed by atoms with Crippen LogP contribution in [0.25, 0.3) is 10.9 Å². The fourth-order valence-electron chi connectivity index (χ4n) is 2.21. The van der Waals surface area contributed by atoms with Crippen LogP contribution in [-0.4, -0.2) is 35.2 Å². The molecule has 2 aromatic rings. The van der Waals surface area contributed by atoms with Crippen molar-refractivity contribution in [3.63, 3.8) is 0 Å². The first kappa shape index (κ1) is 15.8. The summed E-state index contributed by atoms with van der Waals surface area (Å²) in [4.78, 5) is 0. The Hall–Kier alpha value is -1.60. The second kappa shape index (κ2) is 6.44. The van der Waals surface area contributed by atoms with Crippen LogP contribution in [0.4, 0.5) is 13.2 Å². The molecule has 1 aromatic heterocycles. The SMILES string of the molecule is Cn1nc(CC(N)CCOCC(F)(F)F)c2ccccc21. The van der Waals surface area contributed by atoms with Crippen LogP contribution in [0.15, 0.2) is 24.3 Å². The van der Waals surface area contributed by atoms with Crippen molar-refractivity contribution < 1.29 is 17.9 Å². The fraction of sp³-hybridized carbons (Fsp3) is 0.500. The highest BCUT2D eigenvalue weighted by atomic mass is 19.4. The van der Waals surface area contributed by atoms with Gasteiger partial charge in [0.25, 0.3) is 0 Å². The van der Waals surface area contributed by atoms with Crippen molar-refractivity contribution >= 4 is 10.9 Å². The van der Waals surface area contributed by atoms with Crippen molar-refractivity contribution in [1.82, 2.24) is 9.78 Å². The Morgan fingerprint density at radius 3 is 2.76 bits per heavy atom. The third kappa shape index (κ3) is 4.44. The van der Waals surface area contributed by atoms with Gasteiger partial charge >= 0.3 is 6.18 Å². The highest BCUT2D eigenvalue weighted by molar-refractivity contribution is 5.81. The van der Waals surface area contributed by atoms with Crippen molar-refractivity contribution in [2.24, 2.45) is 12.8 Å². The monoisotopic (exact) mass is 301 g/mol. The van der Waals surface area contributed by atoms with Crippen LogP contribution < -0.4 is 5.73 Å². The van der Waals surface area contributed by atoms with Crippen LogP contribution in [0.5, 0.6) is 0 Å². The van der Waals surface area contributed by atoms with E-state index in [9.17, 15) is 13.2 Å². The molecule has 0 aliphatic rings. The fourth-order valence-corrected chi connectivity index (χ4v) is 2.21. The third-order valence-electron chi connectivity index (χ3n) is 3.19. The molecule has 0 saturated carbocycles. The van der Waals surface area contributed by atoms with Crippen molar-refractivity contribution in [1.29, 1.82) is 0 Å². The number of halogens is 3. The number of ether oxygens (including phenoxy) is 1. The predicted molar refractivity (Wildman–Crippen MR) is 73.9 cm³/mol. The summed E-state index contributed by atoms with van der Waals surface area (Å²) < 4.78 is 42.1. The molecular formula is C14H18F3N3O. The molecule has 0 spiro atoms. The number of nitrogens with two attached hydrogens (primary N) is 1. The van der Waals surface area contributed by atoms with Gasteiger partial charge in [0, 0.05) is 31.5 Å². The van der Waals surface area contributed by atoms with Crippen LogP contribution in [0.2, 0.25) is 0 Å². The summed E-state index contributed by atoms with van der Waals surface area (Å²) in [5, 5.41) is 5.43. The molecule has 0 fully saturated rings. The van der Waals surface area contributed by atoms with Crippen molar-refractivity contribution in [2.75, 3.05) is 13.2 Å². The molecule has 0 saturated heterocycles. The Bertz CT molecular complexity index is 595. The van der Waals surface area contributed by atoms with Gasteiger partial charge in [-0.1, -0.05) is 18.2 Å². The van der Waals surface area contributed by atoms with E-state index in [0.29, 0.717) is 12.8 Å². The van der Waals surface area contributed by atoms with E-state index in [4.69, 9.17) is 5.73 Å². The molecule has 7 heteroatoms. The molecule has 1 atom stereocenters. The number of rotatable bonds is 6. The van der Waals surface area contributed by atoms with Crippen LogP contribution in [0.1, 0.15) is 12.1 Å². The lowest BCUT2D eigenvalue weighted by atomic mass is 10.1. The largest absolute Gasteiger partial charge is 0.411 e. The maximum atomic E-state index is 11.9. The van der Waals surface area contributed by atoms with E-state index in [-0.39, 0.29) is 12.6 Å². The quantitative estimate of drug-likeness (QED) is 0.834. The van der Waals surface area contributed by atoms with Crippen molar-refractivity contribution in [2.45, 2.75) is 25.1 Å². The van der Waals surface area contributed by atoms with Gasteiger partial charge in [0.05, 0.1) is 11.2 Å². The van der Waals surface area contributed by atoms with Crippen LogP contribution >= 0.6 is 0 Å². The molecule has 0 amide bonds. The number of aromatic nitrogens is 2. The van der Waals surface area contributed by atoms with E-state index in [1.807, 2.05) is 31.3 Å². The average Bonchev–Trinajstić information content (AvgIpc) is 2.71. The second-order valence-electron chi connectivity index (χ2n) is 5.01. The van der Waals surface area contributed by atoms with E-state index in [2.05, 4.69) is 9.84 Å². The van der Waals surface area contributed by atoms with Crippen LogP contribution in [0, 0.1) is 0 Å². The molecule has 2 rings (SSSR count). The van der Waals surface area contributed by atoms with Crippen LogP contribution in [0.3, 0.4) is 0 Å². The topological polar surface area (TPSA) is 53.1 Å². The summed E-state index contributed by atoms with van der Waals surface area (Å²) in [6.07, 6.45) is -3.42. The first-order valence-corrected chi connectivity index (χ1v) is 6.67. The van der Waals surface area contributed by atoms with E-state index in [1.165, 1.54) is 0 Å². The number of alkyl halides is 3. The highest BCUT2D eigenvalue weighted by Gasteiger charge is 2.27. The van der Waals surface area contributed by atoms with Gasteiger partial charge in [0.15, 0.2) is 0 Å². The zero-order valence-corrected chi connectivity index (χ0v) is 11.7. The van der Waals surface area contributed by atoms with Crippen molar-refractivity contribution in [3.8, 4) is 0 Å². The van der Waals surface area contributed by atoms with Crippen molar-refractivity contribution in [3.05, 3.63) is 30.0 Å². The van der Waals surface area contributed by atoms with Crippen LogP contribution in [-0.2, 0) is 18.2 Å². The zero-order chi connectivity index (χ0) is 15.5. The maximum absolute atomic E-state index is 11.9. The number of nitrogens with zero attached hydrogens (tertiary/aromatic N) is 2. The molecule has 116 valence electrons. The number of benzene rings is 1. The van der Waals surface area contributed by atoms with Gasteiger partial charge in [-0.25, -0.2) is 0 Å². The van der Waals surface area contributed by atoms with Gasteiger partial charge in [-0.3, -0.25) is 4.68 Å². The second-order valence-corrected chi connectivity index (χ2v) is 5.01. The Labute approximate surface area is 120 Å². The smallest absolute Gasteiger partial charge is 0.372 e. The zero-order valence-electron chi connectivity index (χ0n) is 11.7. The number of fused-ring (bicyclic) bond motifs is 1. The number of hydrogen-bond acceptors (Lipinski definition) is 3. The molecule has 0 aliphatic carbocycles. The minimum Gasteiger partial charge on any atom is -0.372 e. The van der Waals surface area contributed by atoms with E-state index in [0.717, 1.165) is 16.6 Å². The molecule has 1 heterocycles. The lowest BCUT2D eigenvalue weighted by Gasteiger charge is -2.11. The summed E-state index contributed by atoms with van der Waals surface area (Å²) in [5.74, 6) is 0. The van der Waals surface area contributed by atoms with Gasteiger partial charge in [-0.15, -0.1) is 0 Å². The Balaban J connectivity index is 1.88. The van der Waals surface area contributed by atoms with Gasteiger partial charge in [-0.2, -0.15) is 18.3 Å². The Morgan fingerprint density at radius 1 is 1.33 bits per heavy atom. The standard InChI is InChI=1S/C14H18F3N3O/c1-20-13-5-3-2-4-11(13)12(19-20)8-10(18)6-7-21-9-14(15,16)17/h2-5,10H,6-9,18H2,1H3. The lowest BCUT2D eigenvalue weighted by Crippen LogP contribution is -2.26. The summed E-state index contributed by atoms with van der Waals surface area (Å²) in [6.45, 7) is -1.24. The molecule has 0 aliphatic heterocycles. The van der Waals surface area contributed by atoms with E-state index >= 15 is 0 Å². The predicted octanol–water partition coefficient (Wildman–Crippen LogP) is 2.41. The molecule has 21 heavy (non-hydrogen) atoms. The third-order valence-corrected chi connectivity index (χ3v) is 3.19. The summed E-state index contributed by atoms with van der Waals surface area (Å²) >= 11 is 0. The first-order valence-electron chi connectivity index (χ1n) is 6.67. The first-order chi connectivity index (χ1) is 9.87. The molecule has 1 aromatic carbocycles. The highest BCUT2D eigenvalue weighted by Crippen LogP contribution is 2.19. The minimum atomic E-state index is -4.29. The Morgan fingerprint density at radius 2 is 2.05 bits per heavy atom. The van der Waals surface area contributed by atoms with Gasteiger partial charge < -0.3 is 10.5 Å². The molecule has 1 unspecified atom stereocenters. The summed E-state index contributed by atoms with van der Waals surface area (Å²) in [7, 11) is 1.85. The van der Waals surface area contributed by atoms with Gasteiger partial charge in [0.2, 0.25) is 0 Å². The summed E-state index contributed by atoms with van der Waals surface area (Å²) in [6, 6.07) is 7.50. The molecule has 0 radical (unpaired) electrons. The van der Waals surface area contributed by atoms with Gasteiger partial charge in [0.1, 0.15) is 6.61 Å². The lowest BCUT2D eigenvalue weighted by molar-refractivity contribution is -0.174. The Kier molecular flexibility index (Phi) is 4.84. The normalized spacial score (nSPS) is 13.8. The minimum absolute atomic E-state index is 0.00849. The number of hydrogen-bond donors (Lipinski definition) is 1. The van der Waals surface area contributed by atoms with E-state index in [1.54, 1.807) is 4.68 Å². The van der Waals surface area contributed by atoms with E-state index < -0.39 is 12.8 Å². The maximum Gasteiger partial charge on any atom is 0.411 e. The molecule has 0 bridgehead atoms. The number of aryl methyl sites for hydroxylation is 1. The molecule has 2 N–H and O–H groups in total. The molecule has 4 nitrogen and oxygen atoms in total. The van der Waals surface area contributed by atoms with Gasteiger partial charge in [-0.05, 0) is 12.5 Å². The summed E-state index contributed by atoms with van der Waals surface area (Å²) in [5.41, 5.74) is 7.81. The average molecular weight is 301 g/mol. The number of para-hydroxylation sites is 1. The molecular weight excluding hydrogens is 283 g/mol.